The number of aryl methyl sites for hydroxylation is 1. The van der Waals surface area contributed by atoms with Gasteiger partial charge in [0.05, 0.1) is 5.52 Å². The zero-order chi connectivity index (χ0) is 13.9. The molecule has 20 heavy (non-hydrogen) atoms. The second-order valence-electron chi connectivity index (χ2n) is 4.81. The highest BCUT2D eigenvalue weighted by molar-refractivity contribution is 5.73. The van der Waals surface area contributed by atoms with Crippen molar-refractivity contribution < 1.29 is 4.42 Å². The Labute approximate surface area is 117 Å². The van der Waals surface area contributed by atoms with E-state index in [2.05, 4.69) is 28.6 Å². The predicted octanol–water partition coefficient (Wildman–Crippen LogP) is 2.49. The SMILES string of the molecule is CCNCc1cc(Cn2nnc3ccccc32)oc1C. The van der Waals surface area contributed by atoms with Crippen LogP contribution in [0.3, 0.4) is 0 Å². The molecule has 0 saturated heterocycles. The Balaban J connectivity index is 1.84. The van der Waals surface area contributed by atoms with Crippen molar-refractivity contribution >= 4 is 11.0 Å². The molecule has 0 atom stereocenters. The Morgan fingerprint density at radius 3 is 3.00 bits per heavy atom. The number of furan rings is 1. The summed E-state index contributed by atoms with van der Waals surface area (Å²) in [7, 11) is 0. The molecule has 3 rings (SSSR count). The summed E-state index contributed by atoms with van der Waals surface area (Å²) in [5.74, 6) is 1.87. The zero-order valence-corrected chi connectivity index (χ0v) is 11.8. The second kappa shape index (κ2) is 5.46. The first-order chi connectivity index (χ1) is 9.78. The summed E-state index contributed by atoms with van der Waals surface area (Å²) >= 11 is 0. The minimum Gasteiger partial charge on any atom is -0.464 e. The lowest BCUT2D eigenvalue weighted by Crippen LogP contribution is -2.11. The number of aromatic nitrogens is 3. The van der Waals surface area contributed by atoms with E-state index in [-0.39, 0.29) is 0 Å². The largest absolute Gasteiger partial charge is 0.464 e. The molecule has 5 nitrogen and oxygen atoms in total. The number of nitrogens with zero attached hydrogens (tertiary/aromatic N) is 3. The monoisotopic (exact) mass is 270 g/mol. The number of hydrogen-bond donors (Lipinski definition) is 1. The summed E-state index contributed by atoms with van der Waals surface area (Å²) in [5.41, 5.74) is 3.13. The maximum absolute atomic E-state index is 5.81. The summed E-state index contributed by atoms with van der Waals surface area (Å²) < 4.78 is 7.67. The van der Waals surface area contributed by atoms with Gasteiger partial charge in [-0.05, 0) is 31.7 Å². The third-order valence-electron chi connectivity index (χ3n) is 3.36. The first kappa shape index (κ1) is 12.9. The topological polar surface area (TPSA) is 55.9 Å². The maximum atomic E-state index is 5.81. The van der Waals surface area contributed by atoms with E-state index in [4.69, 9.17) is 4.42 Å². The van der Waals surface area contributed by atoms with Crippen LogP contribution in [-0.2, 0) is 13.1 Å². The number of fused-ring (bicyclic) bond motifs is 1. The summed E-state index contributed by atoms with van der Waals surface area (Å²) in [5, 5.41) is 11.6. The van der Waals surface area contributed by atoms with Crippen LogP contribution in [0.4, 0.5) is 0 Å². The molecule has 1 N–H and O–H groups in total. The molecule has 0 aliphatic heterocycles. The van der Waals surface area contributed by atoms with Crippen LogP contribution in [0.5, 0.6) is 0 Å². The number of hydrogen-bond acceptors (Lipinski definition) is 4. The van der Waals surface area contributed by atoms with E-state index in [1.165, 1.54) is 5.56 Å². The lowest BCUT2D eigenvalue weighted by atomic mass is 10.2. The Kier molecular flexibility index (Phi) is 3.52. The molecule has 0 bridgehead atoms. The normalized spacial score (nSPS) is 11.3. The molecule has 104 valence electrons. The highest BCUT2D eigenvalue weighted by Crippen LogP contribution is 2.17. The first-order valence-corrected chi connectivity index (χ1v) is 6.85. The number of para-hydroxylation sites is 1. The van der Waals surface area contributed by atoms with Crippen molar-refractivity contribution in [2.45, 2.75) is 26.9 Å². The fraction of sp³-hybridized carbons (Fsp3) is 0.333. The van der Waals surface area contributed by atoms with Crippen LogP contribution in [0.25, 0.3) is 11.0 Å². The van der Waals surface area contributed by atoms with E-state index in [1.54, 1.807) is 0 Å². The minimum absolute atomic E-state index is 0.605. The highest BCUT2D eigenvalue weighted by Gasteiger charge is 2.10. The summed E-state index contributed by atoms with van der Waals surface area (Å²) in [6, 6.07) is 10.0. The van der Waals surface area contributed by atoms with Crippen molar-refractivity contribution in [1.82, 2.24) is 20.3 Å². The van der Waals surface area contributed by atoms with E-state index in [0.717, 1.165) is 35.6 Å². The van der Waals surface area contributed by atoms with Gasteiger partial charge in [-0.15, -0.1) is 5.10 Å². The van der Waals surface area contributed by atoms with Crippen molar-refractivity contribution in [3.8, 4) is 0 Å². The lowest BCUT2D eigenvalue weighted by molar-refractivity contribution is 0.456. The van der Waals surface area contributed by atoms with Crippen molar-refractivity contribution in [3.63, 3.8) is 0 Å². The molecule has 0 amide bonds. The van der Waals surface area contributed by atoms with Crippen LogP contribution in [0.1, 0.15) is 24.0 Å². The van der Waals surface area contributed by atoms with Gasteiger partial charge in [0.1, 0.15) is 23.6 Å². The number of benzene rings is 1. The van der Waals surface area contributed by atoms with E-state index in [9.17, 15) is 0 Å². The fourth-order valence-electron chi connectivity index (χ4n) is 2.28. The van der Waals surface area contributed by atoms with E-state index in [0.29, 0.717) is 6.54 Å². The molecule has 0 radical (unpaired) electrons. The van der Waals surface area contributed by atoms with Gasteiger partial charge in [-0.2, -0.15) is 0 Å². The van der Waals surface area contributed by atoms with Crippen LogP contribution < -0.4 is 5.32 Å². The Hall–Kier alpha value is -2.14. The molecule has 3 aromatic rings. The van der Waals surface area contributed by atoms with E-state index >= 15 is 0 Å². The molecular weight excluding hydrogens is 252 g/mol. The quantitative estimate of drug-likeness (QED) is 0.774. The van der Waals surface area contributed by atoms with Gasteiger partial charge < -0.3 is 9.73 Å². The standard InChI is InChI=1S/C15H18N4O/c1-3-16-9-12-8-13(20-11(12)2)10-19-15-7-5-4-6-14(15)17-18-19/h4-8,16H,3,9-10H2,1-2H3. The van der Waals surface area contributed by atoms with Crippen molar-refractivity contribution in [2.24, 2.45) is 0 Å². The van der Waals surface area contributed by atoms with Crippen LogP contribution in [0.15, 0.2) is 34.7 Å². The molecule has 0 spiro atoms. The predicted molar refractivity (Wildman–Crippen MR) is 77.5 cm³/mol. The number of rotatable bonds is 5. The van der Waals surface area contributed by atoms with Crippen LogP contribution in [0.2, 0.25) is 0 Å². The van der Waals surface area contributed by atoms with Crippen molar-refractivity contribution in [3.05, 3.63) is 47.4 Å². The minimum atomic E-state index is 0.605. The molecular formula is C15H18N4O. The van der Waals surface area contributed by atoms with Gasteiger partial charge >= 0.3 is 0 Å². The van der Waals surface area contributed by atoms with Gasteiger partial charge in [0, 0.05) is 12.1 Å². The molecule has 0 aliphatic carbocycles. The first-order valence-electron chi connectivity index (χ1n) is 6.85. The van der Waals surface area contributed by atoms with Gasteiger partial charge in [-0.3, -0.25) is 0 Å². The summed E-state index contributed by atoms with van der Waals surface area (Å²) in [6.07, 6.45) is 0. The summed E-state index contributed by atoms with van der Waals surface area (Å²) in [6.45, 7) is 6.48. The van der Waals surface area contributed by atoms with Crippen LogP contribution in [-0.4, -0.2) is 21.5 Å². The van der Waals surface area contributed by atoms with Gasteiger partial charge in [0.2, 0.25) is 0 Å². The van der Waals surface area contributed by atoms with Gasteiger partial charge in [-0.25, -0.2) is 4.68 Å². The second-order valence-corrected chi connectivity index (χ2v) is 4.81. The number of nitrogens with one attached hydrogen (secondary N) is 1. The molecule has 0 unspecified atom stereocenters. The third kappa shape index (κ3) is 2.44. The lowest BCUT2D eigenvalue weighted by Gasteiger charge is -1.98. The van der Waals surface area contributed by atoms with Gasteiger partial charge in [0.25, 0.3) is 0 Å². The Morgan fingerprint density at radius 2 is 2.15 bits per heavy atom. The molecule has 0 fully saturated rings. The van der Waals surface area contributed by atoms with Crippen LogP contribution >= 0.6 is 0 Å². The fourth-order valence-corrected chi connectivity index (χ4v) is 2.28. The molecule has 2 aromatic heterocycles. The summed E-state index contributed by atoms with van der Waals surface area (Å²) in [4.78, 5) is 0. The van der Waals surface area contributed by atoms with Crippen molar-refractivity contribution in [1.29, 1.82) is 0 Å². The highest BCUT2D eigenvalue weighted by atomic mass is 16.3. The molecule has 0 aliphatic rings. The molecule has 2 heterocycles. The van der Waals surface area contributed by atoms with Crippen molar-refractivity contribution in [2.75, 3.05) is 6.54 Å². The molecule has 1 aromatic carbocycles. The van der Waals surface area contributed by atoms with E-state index in [1.807, 2.05) is 35.9 Å². The molecule has 0 saturated carbocycles. The molecule has 5 heteroatoms. The van der Waals surface area contributed by atoms with Gasteiger partial charge in [0.15, 0.2) is 0 Å². The Morgan fingerprint density at radius 1 is 1.30 bits per heavy atom. The zero-order valence-electron chi connectivity index (χ0n) is 11.8. The van der Waals surface area contributed by atoms with Gasteiger partial charge in [-0.1, -0.05) is 24.3 Å². The maximum Gasteiger partial charge on any atom is 0.126 e. The van der Waals surface area contributed by atoms with Crippen LogP contribution in [0, 0.1) is 6.92 Å². The average Bonchev–Trinajstić information content (AvgIpc) is 3.01. The third-order valence-corrected chi connectivity index (χ3v) is 3.36. The average molecular weight is 270 g/mol. The smallest absolute Gasteiger partial charge is 0.126 e. The van der Waals surface area contributed by atoms with E-state index < -0.39 is 0 Å². The Bertz CT molecular complexity index is 714.